The van der Waals surface area contributed by atoms with Gasteiger partial charge in [0.2, 0.25) is 0 Å². The van der Waals surface area contributed by atoms with Gasteiger partial charge in [0.05, 0.1) is 20.3 Å². The normalized spacial score (nSPS) is 20.9. The van der Waals surface area contributed by atoms with Gasteiger partial charge in [0.1, 0.15) is 5.76 Å². The molecule has 0 bridgehead atoms. The summed E-state index contributed by atoms with van der Waals surface area (Å²) >= 11 is 0. The summed E-state index contributed by atoms with van der Waals surface area (Å²) in [5.74, 6) is -1.30. The van der Waals surface area contributed by atoms with Crippen LogP contribution in [0.3, 0.4) is 0 Å². The molecule has 0 amide bonds. The molecule has 190 valence electrons. The number of hydrogen-bond acceptors (Lipinski definition) is 3. The lowest BCUT2D eigenvalue weighted by molar-refractivity contribution is -0.171. The highest BCUT2D eigenvalue weighted by Gasteiger charge is 2.21. The Balaban J connectivity index is 0.00000322. The van der Waals surface area contributed by atoms with E-state index in [9.17, 15) is 8.78 Å². The van der Waals surface area contributed by atoms with Crippen LogP contribution in [0.4, 0.5) is 8.78 Å². The Labute approximate surface area is 201 Å². The monoisotopic (exact) mass is 468 g/mol. The standard InChI is InChI=1S/C25H38F2O3.C3H8/c1-7-10-11-21-14-15-23(30-17-21)29-16-20(8-2)13-12-18(4)22(9-3)25(27)24(26)19(5)28-6;1-3-2/h7,12-13,21,23H,1,8-11,14-17H2,2-6H3;3H2,1-2H3/b18-12+,20-13+,24-19-,25-22-;. The van der Waals surface area contributed by atoms with Gasteiger partial charge >= 0.3 is 0 Å². The van der Waals surface area contributed by atoms with Crippen molar-refractivity contribution in [1.29, 1.82) is 0 Å². The Morgan fingerprint density at radius 3 is 2.18 bits per heavy atom. The van der Waals surface area contributed by atoms with E-state index in [2.05, 4.69) is 20.4 Å². The minimum absolute atomic E-state index is 0.0661. The van der Waals surface area contributed by atoms with E-state index in [1.54, 1.807) is 13.8 Å². The minimum atomic E-state index is -0.953. The molecule has 0 radical (unpaired) electrons. The summed E-state index contributed by atoms with van der Waals surface area (Å²) in [5, 5.41) is 0. The van der Waals surface area contributed by atoms with Crippen molar-refractivity contribution in [2.45, 2.75) is 92.8 Å². The summed E-state index contributed by atoms with van der Waals surface area (Å²) in [6, 6.07) is 0. The molecule has 1 aliphatic heterocycles. The molecule has 2 atom stereocenters. The highest BCUT2D eigenvalue weighted by atomic mass is 19.2. The van der Waals surface area contributed by atoms with E-state index in [4.69, 9.17) is 14.2 Å². The average molecular weight is 469 g/mol. The van der Waals surface area contributed by atoms with E-state index >= 15 is 0 Å². The predicted octanol–water partition coefficient (Wildman–Crippen LogP) is 8.90. The Morgan fingerprint density at radius 1 is 1.03 bits per heavy atom. The van der Waals surface area contributed by atoms with Crippen LogP contribution in [-0.4, -0.2) is 26.6 Å². The van der Waals surface area contributed by atoms with Crippen LogP contribution in [0.2, 0.25) is 0 Å². The maximum atomic E-state index is 14.5. The fourth-order valence-electron chi connectivity index (χ4n) is 3.29. The van der Waals surface area contributed by atoms with Gasteiger partial charge in [-0.1, -0.05) is 52.3 Å². The second-order valence-corrected chi connectivity index (χ2v) is 8.34. The Morgan fingerprint density at radius 2 is 1.70 bits per heavy atom. The van der Waals surface area contributed by atoms with Crippen molar-refractivity contribution in [2.24, 2.45) is 5.92 Å². The maximum absolute atomic E-state index is 14.5. The Hall–Kier alpha value is -1.72. The number of hydrogen-bond donors (Lipinski definition) is 0. The van der Waals surface area contributed by atoms with E-state index in [1.807, 2.05) is 25.2 Å². The third kappa shape index (κ3) is 12.4. The molecule has 33 heavy (non-hydrogen) atoms. The summed E-state index contributed by atoms with van der Waals surface area (Å²) in [5.41, 5.74) is 2.09. The summed E-state index contributed by atoms with van der Waals surface area (Å²) in [6.45, 7) is 16.3. The molecule has 1 aliphatic rings. The lowest BCUT2D eigenvalue weighted by Gasteiger charge is -2.29. The summed E-state index contributed by atoms with van der Waals surface area (Å²) in [4.78, 5) is 0. The largest absolute Gasteiger partial charge is 0.498 e. The zero-order valence-electron chi connectivity index (χ0n) is 21.9. The zero-order chi connectivity index (χ0) is 25.2. The molecule has 1 saturated heterocycles. The minimum Gasteiger partial charge on any atom is -0.498 e. The van der Waals surface area contributed by atoms with E-state index < -0.39 is 11.7 Å². The highest BCUT2D eigenvalue weighted by Crippen LogP contribution is 2.28. The van der Waals surface area contributed by atoms with Gasteiger partial charge in [0, 0.05) is 0 Å². The first kappa shape index (κ1) is 31.3. The van der Waals surface area contributed by atoms with Crippen LogP contribution < -0.4 is 0 Å². The lowest BCUT2D eigenvalue weighted by Crippen LogP contribution is -2.28. The average Bonchev–Trinajstić information content (AvgIpc) is 2.83. The van der Waals surface area contributed by atoms with Gasteiger partial charge in [-0.15, -0.1) is 6.58 Å². The molecular weight excluding hydrogens is 422 g/mol. The molecule has 0 aromatic carbocycles. The molecule has 0 saturated carbocycles. The molecule has 0 aromatic rings. The molecular formula is C28H46F2O3. The molecule has 2 unspecified atom stereocenters. The third-order valence-electron chi connectivity index (χ3n) is 5.49. The van der Waals surface area contributed by atoms with Gasteiger partial charge in [-0.2, -0.15) is 0 Å². The van der Waals surface area contributed by atoms with Gasteiger partial charge in [0.25, 0.3) is 0 Å². The molecule has 0 aromatic heterocycles. The smallest absolute Gasteiger partial charge is 0.196 e. The van der Waals surface area contributed by atoms with Crippen molar-refractivity contribution in [3.8, 4) is 0 Å². The van der Waals surface area contributed by atoms with Crippen LogP contribution in [-0.2, 0) is 14.2 Å². The van der Waals surface area contributed by atoms with Crippen molar-refractivity contribution in [3.05, 3.63) is 58.9 Å². The van der Waals surface area contributed by atoms with Crippen LogP contribution in [0.25, 0.3) is 0 Å². The second kappa shape index (κ2) is 18.7. The number of ether oxygens (including phenoxy) is 3. The number of rotatable bonds is 12. The number of methoxy groups -OCH3 is 1. The SMILES string of the molecule is C=CCCC1CCC(OC/C(=C/C=C(C)/C(CC)=C(F)/C(F)=C(\C)OC)CC)OC1.CCC. The summed E-state index contributed by atoms with van der Waals surface area (Å²) in [7, 11) is 1.32. The van der Waals surface area contributed by atoms with Gasteiger partial charge in [-0.05, 0) is 75.0 Å². The van der Waals surface area contributed by atoms with Crippen molar-refractivity contribution in [1.82, 2.24) is 0 Å². The zero-order valence-corrected chi connectivity index (χ0v) is 21.9. The van der Waals surface area contributed by atoms with Crippen molar-refractivity contribution in [3.63, 3.8) is 0 Å². The quantitative estimate of drug-likeness (QED) is 0.163. The highest BCUT2D eigenvalue weighted by molar-refractivity contribution is 5.40. The maximum Gasteiger partial charge on any atom is 0.196 e. The van der Waals surface area contributed by atoms with Gasteiger partial charge < -0.3 is 14.2 Å². The van der Waals surface area contributed by atoms with Gasteiger partial charge in [-0.25, -0.2) is 8.78 Å². The van der Waals surface area contributed by atoms with Crippen molar-refractivity contribution >= 4 is 0 Å². The summed E-state index contributed by atoms with van der Waals surface area (Å²) in [6.07, 6.45) is 12.1. The van der Waals surface area contributed by atoms with Crippen LogP contribution in [0.1, 0.15) is 86.5 Å². The van der Waals surface area contributed by atoms with Crippen LogP contribution in [0.5, 0.6) is 0 Å². The molecule has 1 heterocycles. The molecule has 3 nitrogen and oxygen atoms in total. The van der Waals surface area contributed by atoms with E-state index in [0.29, 0.717) is 30.1 Å². The lowest BCUT2D eigenvalue weighted by atomic mass is 9.96. The van der Waals surface area contributed by atoms with Crippen LogP contribution in [0.15, 0.2) is 58.9 Å². The fourth-order valence-corrected chi connectivity index (χ4v) is 3.29. The van der Waals surface area contributed by atoms with Crippen LogP contribution in [0, 0.1) is 5.92 Å². The van der Waals surface area contributed by atoms with Crippen molar-refractivity contribution in [2.75, 3.05) is 20.3 Å². The molecule has 1 fully saturated rings. The molecule has 5 heteroatoms. The van der Waals surface area contributed by atoms with E-state index in [0.717, 1.165) is 44.3 Å². The Kier molecular flexibility index (Phi) is 17.7. The number of allylic oxidation sites excluding steroid dienone is 8. The van der Waals surface area contributed by atoms with Crippen LogP contribution >= 0.6 is 0 Å². The first-order chi connectivity index (χ1) is 15.8. The first-order valence-electron chi connectivity index (χ1n) is 12.3. The fraction of sp³-hybridized carbons (Fsp3) is 0.643. The molecule has 0 N–H and O–H groups in total. The molecule has 0 spiro atoms. The number of halogens is 2. The van der Waals surface area contributed by atoms with E-state index in [1.165, 1.54) is 20.5 Å². The van der Waals surface area contributed by atoms with Gasteiger partial charge in [-0.3, -0.25) is 0 Å². The second-order valence-electron chi connectivity index (χ2n) is 8.34. The summed E-state index contributed by atoms with van der Waals surface area (Å²) < 4.78 is 45.2. The van der Waals surface area contributed by atoms with E-state index in [-0.39, 0.29) is 12.0 Å². The first-order valence-corrected chi connectivity index (χ1v) is 12.3. The van der Waals surface area contributed by atoms with Crippen molar-refractivity contribution < 1.29 is 23.0 Å². The van der Waals surface area contributed by atoms with Gasteiger partial charge in [0.15, 0.2) is 17.9 Å². The predicted molar refractivity (Wildman–Crippen MR) is 135 cm³/mol. The Bertz CT molecular complexity index is 681. The molecule has 1 rings (SSSR count). The topological polar surface area (TPSA) is 27.7 Å². The molecule has 0 aliphatic carbocycles. The third-order valence-corrected chi connectivity index (χ3v) is 5.49.